The normalized spacial score (nSPS) is 24.9. The molecule has 1 aromatic rings. The van der Waals surface area contributed by atoms with Crippen LogP contribution in [0.2, 0.25) is 0 Å². The zero-order valence-electron chi connectivity index (χ0n) is 14.9. The molecular weight excluding hydrogens is 286 g/mol. The summed E-state index contributed by atoms with van der Waals surface area (Å²) in [6.07, 6.45) is 2.06. The third kappa shape index (κ3) is 4.55. The number of nitrogens with zero attached hydrogens (tertiary/aromatic N) is 2. The molecule has 0 saturated carbocycles. The molecule has 1 saturated heterocycles. The molecule has 4 atom stereocenters. The Labute approximate surface area is 140 Å². The highest BCUT2D eigenvalue weighted by Gasteiger charge is 2.32. The number of carbonyl (C=O) groups excluding carboxylic acids is 1. The van der Waals surface area contributed by atoms with Crippen molar-refractivity contribution >= 4 is 5.91 Å². The summed E-state index contributed by atoms with van der Waals surface area (Å²) in [5.41, 5.74) is 7.24. The second kappa shape index (κ2) is 7.93. The molecule has 128 valence electrons. The summed E-state index contributed by atoms with van der Waals surface area (Å²) >= 11 is 0. The van der Waals surface area contributed by atoms with Gasteiger partial charge in [-0.05, 0) is 32.3 Å². The molecular formula is C19H31N3O. The highest BCUT2D eigenvalue weighted by molar-refractivity contribution is 5.79. The first-order valence-electron chi connectivity index (χ1n) is 8.70. The first kappa shape index (κ1) is 18.0. The SMILES string of the molecule is CC(N)C(C)C(=O)N(C)C1CCN(Cc2ccccc2)C(C)C1. The lowest BCUT2D eigenvalue weighted by atomic mass is 9.94. The lowest BCUT2D eigenvalue weighted by molar-refractivity contribution is -0.137. The minimum atomic E-state index is -0.113. The second-order valence-electron chi connectivity index (χ2n) is 7.08. The Morgan fingerprint density at radius 1 is 1.35 bits per heavy atom. The summed E-state index contributed by atoms with van der Waals surface area (Å²) in [6.45, 7) is 8.12. The number of carbonyl (C=O) groups is 1. The smallest absolute Gasteiger partial charge is 0.226 e. The zero-order chi connectivity index (χ0) is 17.0. The van der Waals surface area contributed by atoms with E-state index in [1.54, 1.807) is 0 Å². The number of nitrogens with two attached hydrogens (primary N) is 1. The van der Waals surface area contributed by atoms with Crippen LogP contribution < -0.4 is 5.73 Å². The van der Waals surface area contributed by atoms with Crippen LogP contribution in [-0.2, 0) is 11.3 Å². The molecule has 23 heavy (non-hydrogen) atoms. The molecule has 1 aromatic carbocycles. The van der Waals surface area contributed by atoms with E-state index in [-0.39, 0.29) is 17.9 Å². The molecule has 1 fully saturated rings. The van der Waals surface area contributed by atoms with Gasteiger partial charge < -0.3 is 10.6 Å². The topological polar surface area (TPSA) is 49.6 Å². The van der Waals surface area contributed by atoms with Crippen LogP contribution in [-0.4, -0.2) is 47.4 Å². The zero-order valence-corrected chi connectivity index (χ0v) is 14.9. The van der Waals surface area contributed by atoms with Crippen molar-refractivity contribution in [2.45, 2.75) is 58.3 Å². The standard InChI is InChI=1S/C19H31N3O/c1-14-12-18(21(4)19(23)15(2)16(3)20)10-11-22(14)13-17-8-6-5-7-9-17/h5-9,14-16,18H,10-13,20H2,1-4H3. The van der Waals surface area contributed by atoms with E-state index in [9.17, 15) is 4.79 Å². The average molecular weight is 317 g/mol. The van der Waals surface area contributed by atoms with Crippen molar-refractivity contribution in [3.63, 3.8) is 0 Å². The highest BCUT2D eigenvalue weighted by atomic mass is 16.2. The van der Waals surface area contributed by atoms with Crippen LogP contribution in [0.15, 0.2) is 30.3 Å². The summed E-state index contributed by atoms with van der Waals surface area (Å²) in [5.74, 6) is 0.0614. The number of hydrogen-bond donors (Lipinski definition) is 1. The molecule has 1 aliphatic heterocycles. The van der Waals surface area contributed by atoms with Crippen molar-refractivity contribution < 1.29 is 4.79 Å². The van der Waals surface area contributed by atoms with Gasteiger partial charge in [0, 0.05) is 38.3 Å². The van der Waals surface area contributed by atoms with Crippen molar-refractivity contribution in [3.05, 3.63) is 35.9 Å². The monoisotopic (exact) mass is 317 g/mol. The van der Waals surface area contributed by atoms with Crippen LogP contribution in [0.4, 0.5) is 0 Å². The maximum Gasteiger partial charge on any atom is 0.226 e. The Balaban J connectivity index is 1.91. The van der Waals surface area contributed by atoms with Gasteiger partial charge in [0.15, 0.2) is 0 Å². The Morgan fingerprint density at radius 3 is 2.57 bits per heavy atom. The molecule has 2 N–H and O–H groups in total. The first-order chi connectivity index (χ1) is 10.9. The van der Waals surface area contributed by atoms with Gasteiger partial charge in [-0.3, -0.25) is 9.69 Å². The van der Waals surface area contributed by atoms with Crippen LogP contribution >= 0.6 is 0 Å². The predicted molar refractivity (Wildman–Crippen MR) is 94.9 cm³/mol. The summed E-state index contributed by atoms with van der Waals surface area (Å²) in [6, 6.07) is 11.3. The van der Waals surface area contributed by atoms with Gasteiger partial charge in [0.2, 0.25) is 5.91 Å². The maximum absolute atomic E-state index is 12.5. The van der Waals surface area contributed by atoms with Crippen LogP contribution in [0, 0.1) is 5.92 Å². The molecule has 4 unspecified atom stereocenters. The van der Waals surface area contributed by atoms with Gasteiger partial charge in [-0.1, -0.05) is 37.3 Å². The fraction of sp³-hybridized carbons (Fsp3) is 0.632. The fourth-order valence-corrected chi connectivity index (χ4v) is 3.33. The van der Waals surface area contributed by atoms with Gasteiger partial charge in [-0.2, -0.15) is 0 Å². The highest BCUT2D eigenvalue weighted by Crippen LogP contribution is 2.24. The van der Waals surface area contributed by atoms with Crippen LogP contribution in [0.3, 0.4) is 0 Å². The van der Waals surface area contributed by atoms with Gasteiger partial charge in [0.05, 0.1) is 5.92 Å². The Kier molecular flexibility index (Phi) is 6.19. The molecule has 0 spiro atoms. The Morgan fingerprint density at radius 2 is 2.00 bits per heavy atom. The minimum absolute atomic E-state index is 0.0967. The van der Waals surface area contributed by atoms with Gasteiger partial charge in [-0.25, -0.2) is 0 Å². The van der Waals surface area contributed by atoms with Crippen LogP contribution in [0.25, 0.3) is 0 Å². The number of hydrogen-bond acceptors (Lipinski definition) is 3. The van der Waals surface area contributed by atoms with Crippen LogP contribution in [0.5, 0.6) is 0 Å². The van der Waals surface area contributed by atoms with Gasteiger partial charge >= 0.3 is 0 Å². The maximum atomic E-state index is 12.5. The molecule has 0 bridgehead atoms. The summed E-state index contributed by atoms with van der Waals surface area (Å²) in [7, 11) is 1.94. The van der Waals surface area contributed by atoms with Crippen molar-refractivity contribution in [3.8, 4) is 0 Å². The summed E-state index contributed by atoms with van der Waals surface area (Å²) in [4.78, 5) is 16.9. The molecule has 1 amide bonds. The number of benzene rings is 1. The third-order valence-corrected chi connectivity index (χ3v) is 5.29. The Hall–Kier alpha value is -1.39. The fourth-order valence-electron chi connectivity index (χ4n) is 3.33. The van der Waals surface area contributed by atoms with Crippen molar-refractivity contribution in [2.75, 3.05) is 13.6 Å². The quantitative estimate of drug-likeness (QED) is 0.907. The van der Waals surface area contributed by atoms with E-state index in [1.807, 2.05) is 25.8 Å². The summed E-state index contributed by atoms with van der Waals surface area (Å²) in [5, 5.41) is 0. The second-order valence-corrected chi connectivity index (χ2v) is 7.08. The largest absolute Gasteiger partial charge is 0.342 e. The molecule has 0 aromatic heterocycles. The van der Waals surface area contributed by atoms with E-state index < -0.39 is 0 Å². The van der Waals surface area contributed by atoms with Crippen molar-refractivity contribution in [1.82, 2.24) is 9.80 Å². The minimum Gasteiger partial charge on any atom is -0.342 e. The number of likely N-dealkylation sites (tertiary alicyclic amines) is 1. The van der Waals surface area contributed by atoms with Crippen LogP contribution in [0.1, 0.15) is 39.2 Å². The Bertz CT molecular complexity index is 503. The lowest BCUT2D eigenvalue weighted by Gasteiger charge is -2.42. The van der Waals surface area contributed by atoms with E-state index in [0.717, 1.165) is 25.9 Å². The predicted octanol–water partition coefficient (Wildman–Crippen LogP) is 2.48. The molecule has 4 nitrogen and oxygen atoms in total. The molecule has 0 radical (unpaired) electrons. The van der Waals surface area contributed by atoms with Gasteiger partial charge in [0.1, 0.15) is 0 Å². The number of piperidine rings is 1. The average Bonchev–Trinajstić information content (AvgIpc) is 2.55. The molecule has 2 rings (SSSR count). The van der Waals surface area contributed by atoms with E-state index in [2.05, 4.69) is 42.2 Å². The molecule has 1 aliphatic rings. The first-order valence-corrected chi connectivity index (χ1v) is 8.70. The molecule has 1 heterocycles. The molecule has 4 heteroatoms. The van der Waals surface area contributed by atoms with Gasteiger partial charge in [0.25, 0.3) is 0 Å². The van der Waals surface area contributed by atoms with Crippen molar-refractivity contribution in [1.29, 1.82) is 0 Å². The third-order valence-electron chi connectivity index (χ3n) is 5.29. The van der Waals surface area contributed by atoms with E-state index in [4.69, 9.17) is 5.73 Å². The van der Waals surface area contributed by atoms with E-state index >= 15 is 0 Å². The van der Waals surface area contributed by atoms with E-state index in [0.29, 0.717) is 12.1 Å². The summed E-state index contributed by atoms with van der Waals surface area (Å²) < 4.78 is 0. The number of rotatable bonds is 5. The van der Waals surface area contributed by atoms with E-state index in [1.165, 1.54) is 5.56 Å². The number of amides is 1. The lowest BCUT2D eigenvalue weighted by Crippen LogP contribution is -2.51. The van der Waals surface area contributed by atoms with Crippen molar-refractivity contribution in [2.24, 2.45) is 11.7 Å². The molecule has 0 aliphatic carbocycles. The van der Waals surface area contributed by atoms with Gasteiger partial charge in [-0.15, -0.1) is 0 Å².